The van der Waals surface area contributed by atoms with Crippen molar-refractivity contribution in [3.8, 4) is 0 Å². The van der Waals surface area contributed by atoms with Crippen LogP contribution in [0.5, 0.6) is 0 Å². The summed E-state index contributed by atoms with van der Waals surface area (Å²) in [5, 5.41) is 4.09. The minimum atomic E-state index is -3.45. The van der Waals surface area contributed by atoms with Crippen LogP contribution in [0.3, 0.4) is 0 Å². The molecular weight excluding hydrogens is 264 g/mol. The molecule has 6 nitrogen and oxygen atoms in total. The predicted molar refractivity (Wildman–Crippen MR) is 73.5 cm³/mol. The van der Waals surface area contributed by atoms with Crippen molar-refractivity contribution in [3.05, 3.63) is 11.9 Å². The molecule has 1 aromatic rings. The molecule has 1 saturated heterocycles. The van der Waals surface area contributed by atoms with Crippen molar-refractivity contribution in [2.24, 2.45) is 0 Å². The molecule has 0 radical (unpaired) electrons. The van der Waals surface area contributed by atoms with Gasteiger partial charge in [0, 0.05) is 12.6 Å². The molecule has 108 valence electrons. The van der Waals surface area contributed by atoms with E-state index in [1.165, 1.54) is 6.20 Å². The molecule has 1 aromatic heterocycles. The van der Waals surface area contributed by atoms with Crippen LogP contribution in [0.4, 0.5) is 0 Å². The van der Waals surface area contributed by atoms with E-state index in [-0.39, 0.29) is 6.04 Å². The van der Waals surface area contributed by atoms with Crippen molar-refractivity contribution in [2.45, 2.75) is 44.2 Å². The average molecular weight is 286 g/mol. The summed E-state index contributed by atoms with van der Waals surface area (Å²) in [6, 6.07) is 0.0329. The highest BCUT2D eigenvalue weighted by atomic mass is 32.2. The van der Waals surface area contributed by atoms with E-state index < -0.39 is 10.0 Å². The highest BCUT2D eigenvalue weighted by Gasteiger charge is 2.26. The quantitative estimate of drug-likeness (QED) is 0.879. The second kappa shape index (κ2) is 5.60. The fraction of sp³-hybridized carbons (Fsp3) is 0.750. The fourth-order valence-corrected chi connectivity index (χ4v) is 3.90. The zero-order valence-corrected chi connectivity index (χ0v) is 12.6. The first kappa shape index (κ1) is 14.5. The molecule has 1 N–H and O–H groups in total. The van der Waals surface area contributed by atoms with Crippen molar-refractivity contribution in [3.63, 3.8) is 0 Å². The van der Waals surface area contributed by atoms with E-state index in [2.05, 4.69) is 21.8 Å². The standard InChI is InChI=1S/C12H22N4O2S/c1-4-16-10(2)12(9-13-16)19(17,18)14-11-5-7-15(3)8-6-11/h9,11,14H,4-8H2,1-3H3. The zero-order valence-electron chi connectivity index (χ0n) is 11.8. The van der Waals surface area contributed by atoms with Crippen LogP contribution in [0.15, 0.2) is 11.1 Å². The summed E-state index contributed by atoms with van der Waals surface area (Å²) < 4.78 is 29.2. The lowest BCUT2D eigenvalue weighted by atomic mass is 10.1. The van der Waals surface area contributed by atoms with Crippen molar-refractivity contribution >= 4 is 10.0 Å². The number of aryl methyl sites for hydroxylation is 1. The maximum absolute atomic E-state index is 12.4. The van der Waals surface area contributed by atoms with Gasteiger partial charge in [-0.1, -0.05) is 0 Å². The van der Waals surface area contributed by atoms with Gasteiger partial charge in [-0.2, -0.15) is 5.10 Å². The number of nitrogens with one attached hydrogen (secondary N) is 1. The van der Waals surface area contributed by atoms with Crippen molar-refractivity contribution in [1.29, 1.82) is 0 Å². The number of piperidine rings is 1. The van der Waals surface area contributed by atoms with E-state index in [1.807, 2.05) is 6.92 Å². The molecule has 2 rings (SSSR count). The van der Waals surface area contributed by atoms with Gasteiger partial charge in [-0.05, 0) is 46.8 Å². The molecule has 1 aliphatic heterocycles. The van der Waals surface area contributed by atoms with E-state index in [0.29, 0.717) is 17.1 Å². The molecule has 0 aliphatic carbocycles. The summed E-state index contributed by atoms with van der Waals surface area (Å²) in [6.07, 6.45) is 3.16. The van der Waals surface area contributed by atoms with Gasteiger partial charge in [-0.3, -0.25) is 4.68 Å². The molecule has 0 unspecified atom stereocenters. The molecule has 2 heterocycles. The SMILES string of the molecule is CCn1ncc(S(=O)(=O)NC2CCN(C)CC2)c1C. The van der Waals surface area contributed by atoms with E-state index in [9.17, 15) is 8.42 Å². The van der Waals surface area contributed by atoms with Gasteiger partial charge < -0.3 is 4.90 Å². The van der Waals surface area contributed by atoms with E-state index in [4.69, 9.17) is 0 Å². The van der Waals surface area contributed by atoms with Gasteiger partial charge in [0.05, 0.1) is 11.9 Å². The Labute approximate surface area is 114 Å². The van der Waals surface area contributed by atoms with Gasteiger partial charge in [0.2, 0.25) is 10.0 Å². The molecule has 1 aliphatic rings. The Morgan fingerprint density at radius 3 is 2.58 bits per heavy atom. The van der Waals surface area contributed by atoms with Crippen LogP contribution in [0, 0.1) is 6.92 Å². The number of hydrogen-bond donors (Lipinski definition) is 1. The molecular formula is C12H22N4O2S. The summed E-state index contributed by atoms with van der Waals surface area (Å²) in [4.78, 5) is 2.51. The summed E-state index contributed by atoms with van der Waals surface area (Å²) in [5.41, 5.74) is 0.697. The Kier molecular flexibility index (Phi) is 4.27. The molecule has 0 amide bonds. The van der Waals surface area contributed by atoms with Crippen molar-refractivity contribution in [1.82, 2.24) is 19.4 Å². The second-order valence-electron chi connectivity index (χ2n) is 5.11. The lowest BCUT2D eigenvalue weighted by Gasteiger charge is -2.29. The summed E-state index contributed by atoms with van der Waals surface area (Å²) in [5.74, 6) is 0. The molecule has 7 heteroatoms. The van der Waals surface area contributed by atoms with Crippen LogP contribution in [-0.4, -0.2) is 49.3 Å². The summed E-state index contributed by atoms with van der Waals surface area (Å²) in [6.45, 7) is 6.27. The highest BCUT2D eigenvalue weighted by molar-refractivity contribution is 7.89. The van der Waals surface area contributed by atoms with E-state index in [0.717, 1.165) is 25.9 Å². The first-order chi connectivity index (χ1) is 8.94. The Hall–Kier alpha value is -0.920. The third kappa shape index (κ3) is 3.16. The van der Waals surface area contributed by atoms with Crippen LogP contribution in [-0.2, 0) is 16.6 Å². The lowest BCUT2D eigenvalue weighted by Crippen LogP contribution is -2.43. The first-order valence-electron chi connectivity index (χ1n) is 6.67. The Morgan fingerprint density at radius 2 is 2.05 bits per heavy atom. The molecule has 0 spiro atoms. The lowest BCUT2D eigenvalue weighted by molar-refractivity contribution is 0.248. The molecule has 0 saturated carbocycles. The zero-order chi connectivity index (χ0) is 14.0. The van der Waals surface area contributed by atoms with Crippen LogP contribution in [0.25, 0.3) is 0 Å². The minimum Gasteiger partial charge on any atom is -0.306 e. The predicted octanol–water partition coefficient (Wildman–Crippen LogP) is 0.584. The number of likely N-dealkylation sites (tertiary alicyclic amines) is 1. The number of sulfonamides is 1. The number of nitrogens with zero attached hydrogens (tertiary/aromatic N) is 3. The molecule has 0 atom stereocenters. The maximum Gasteiger partial charge on any atom is 0.244 e. The number of hydrogen-bond acceptors (Lipinski definition) is 4. The van der Waals surface area contributed by atoms with Gasteiger partial charge >= 0.3 is 0 Å². The Morgan fingerprint density at radius 1 is 1.42 bits per heavy atom. The Bertz CT molecular complexity index is 530. The molecule has 19 heavy (non-hydrogen) atoms. The number of aromatic nitrogens is 2. The van der Waals surface area contributed by atoms with E-state index in [1.54, 1.807) is 11.6 Å². The summed E-state index contributed by atoms with van der Waals surface area (Å²) >= 11 is 0. The monoisotopic (exact) mass is 286 g/mol. The van der Waals surface area contributed by atoms with Crippen LogP contribution < -0.4 is 4.72 Å². The smallest absolute Gasteiger partial charge is 0.244 e. The third-order valence-electron chi connectivity index (χ3n) is 3.69. The number of rotatable bonds is 4. The topological polar surface area (TPSA) is 67.2 Å². The first-order valence-corrected chi connectivity index (χ1v) is 8.15. The van der Waals surface area contributed by atoms with Gasteiger partial charge in [-0.15, -0.1) is 0 Å². The molecule has 0 bridgehead atoms. The largest absolute Gasteiger partial charge is 0.306 e. The Balaban J connectivity index is 2.12. The van der Waals surface area contributed by atoms with Gasteiger partial charge in [-0.25, -0.2) is 13.1 Å². The molecule has 1 fully saturated rings. The van der Waals surface area contributed by atoms with Crippen molar-refractivity contribution in [2.75, 3.05) is 20.1 Å². The van der Waals surface area contributed by atoms with Crippen LogP contribution in [0.1, 0.15) is 25.5 Å². The van der Waals surface area contributed by atoms with Gasteiger partial charge in [0.15, 0.2) is 0 Å². The second-order valence-corrected chi connectivity index (χ2v) is 6.79. The summed E-state index contributed by atoms with van der Waals surface area (Å²) in [7, 11) is -1.39. The normalized spacial score (nSPS) is 18.9. The average Bonchev–Trinajstić information content (AvgIpc) is 2.74. The fourth-order valence-electron chi connectivity index (χ4n) is 2.42. The third-order valence-corrected chi connectivity index (χ3v) is 5.31. The minimum absolute atomic E-state index is 0.0329. The van der Waals surface area contributed by atoms with Gasteiger partial charge in [0.1, 0.15) is 4.90 Å². The maximum atomic E-state index is 12.4. The van der Waals surface area contributed by atoms with Crippen LogP contribution in [0.2, 0.25) is 0 Å². The van der Waals surface area contributed by atoms with Gasteiger partial charge in [0.25, 0.3) is 0 Å². The molecule has 0 aromatic carbocycles. The highest BCUT2D eigenvalue weighted by Crippen LogP contribution is 2.17. The van der Waals surface area contributed by atoms with E-state index >= 15 is 0 Å². The van der Waals surface area contributed by atoms with Crippen molar-refractivity contribution < 1.29 is 8.42 Å². The van der Waals surface area contributed by atoms with Crippen LogP contribution >= 0.6 is 0 Å².